The van der Waals surface area contributed by atoms with Gasteiger partial charge >= 0.3 is 6.09 Å². The predicted octanol–water partition coefficient (Wildman–Crippen LogP) is 3.57. The Bertz CT molecular complexity index is 617. The highest BCUT2D eigenvalue weighted by molar-refractivity contribution is 5.78. The highest BCUT2D eigenvalue weighted by Crippen LogP contribution is 2.15. The molecule has 1 atom stereocenters. The summed E-state index contributed by atoms with van der Waals surface area (Å²) < 4.78 is 5.38. The van der Waals surface area contributed by atoms with Crippen LogP contribution in [0.3, 0.4) is 0 Å². The number of nitrogens with one attached hydrogen (secondary N) is 2. The van der Waals surface area contributed by atoms with E-state index in [2.05, 4.69) is 10.6 Å². The van der Waals surface area contributed by atoms with E-state index in [4.69, 9.17) is 4.74 Å². The summed E-state index contributed by atoms with van der Waals surface area (Å²) in [4.78, 5) is 26.9. The monoisotopic (exact) mass is 375 g/mol. The van der Waals surface area contributed by atoms with Crippen molar-refractivity contribution in [1.29, 1.82) is 0 Å². The van der Waals surface area contributed by atoms with E-state index >= 15 is 0 Å². The van der Waals surface area contributed by atoms with Gasteiger partial charge in [-0.2, -0.15) is 0 Å². The van der Waals surface area contributed by atoms with E-state index in [9.17, 15) is 9.59 Å². The molecule has 27 heavy (non-hydrogen) atoms. The summed E-state index contributed by atoms with van der Waals surface area (Å²) in [5, 5.41) is 5.99. The van der Waals surface area contributed by atoms with Gasteiger partial charge in [-0.1, -0.05) is 12.1 Å². The third kappa shape index (κ3) is 7.49. The lowest BCUT2D eigenvalue weighted by atomic mass is 10.0. The number of carbonyl (C=O) groups is 2. The van der Waals surface area contributed by atoms with Gasteiger partial charge in [0.25, 0.3) is 0 Å². The molecule has 2 amide bonds. The summed E-state index contributed by atoms with van der Waals surface area (Å²) in [6.07, 6.45) is 3.69. The van der Waals surface area contributed by atoms with E-state index in [-0.39, 0.29) is 18.4 Å². The number of piperidine rings is 1. The van der Waals surface area contributed by atoms with Crippen LogP contribution in [0.25, 0.3) is 0 Å². The Hall–Kier alpha value is -2.24. The molecule has 1 heterocycles. The molecule has 1 aromatic rings. The minimum atomic E-state index is -0.569. The fraction of sp³-hybridized carbons (Fsp3) is 0.619. The Morgan fingerprint density at radius 3 is 2.30 bits per heavy atom. The predicted molar refractivity (Wildman–Crippen MR) is 108 cm³/mol. The van der Waals surface area contributed by atoms with Crippen molar-refractivity contribution in [3.05, 3.63) is 29.8 Å². The first-order valence-electron chi connectivity index (χ1n) is 9.81. The van der Waals surface area contributed by atoms with Crippen molar-refractivity contribution in [2.75, 3.05) is 25.5 Å². The lowest BCUT2D eigenvalue weighted by molar-refractivity contribution is -0.132. The summed E-state index contributed by atoms with van der Waals surface area (Å²) >= 11 is 0. The number of likely N-dealkylation sites (tertiary alicyclic amines) is 1. The molecule has 0 aromatic heterocycles. The van der Waals surface area contributed by atoms with Crippen molar-refractivity contribution in [2.24, 2.45) is 0 Å². The third-order valence-electron chi connectivity index (χ3n) is 4.58. The normalized spacial score (nSPS) is 15.8. The van der Waals surface area contributed by atoms with Gasteiger partial charge < -0.3 is 20.3 Å². The minimum Gasteiger partial charge on any atom is -0.444 e. The van der Waals surface area contributed by atoms with Crippen LogP contribution in [0.5, 0.6) is 0 Å². The largest absolute Gasteiger partial charge is 0.444 e. The van der Waals surface area contributed by atoms with Gasteiger partial charge in [0.1, 0.15) is 5.60 Å². The molecule has 6 heteroatoms. The first-order valence-corrected chi connectivity index (χ1v) is 9.81. The van der Waals surface area contributed by atoms with E-state index in [0.29, 0.717) is 6.42 Å². The van der Waals surface area contributed by atoms with Crippen molar-refractivity contribution in [3.63, 3.8) is 0 Å². The molecule has 0 bridgehead atoms. The van der Waals surface area contributed by atoms with Gasteiger partial charge in [-0.05, 0) is 64.2 Å². The van der Waals surface area contributed by atoms with E-state index in [0.717, 1.165) is 37.2 Å². The maximum atomic E-state index is 12.7. The van der Waals surface area contributed by atoms with Gasteiger partial charge in [0, 0.05) is 38.3 Å². The number of hydrogen-bond donors (Lipinski definition) is 2. The highest BCUT2D eigenvalue weighted by Gasteiger charge is 2.24. The Balaban J connectivity index is 2.03. The van der Waals surface area contributed by atoms with Crippen LogP contribution >= 0.6 is 0 Å². The zero-order valence-corrected chi connectivity index (χ0v) is 17.0. The van der Waals surface area contributed by atoms with Crippen molar-refractivity contribution >= 4 is 17.7 Å². The van der Waals surface area contributed by atoms with Gasteiger partial charge in [0.05, 0.1) is 0 Å². The fourth-order valence-corrected chi connectivity index (χ4v) is 3.22. The van der Waals surface area contributed by atoms with Gasteiger partial charge in [-0.25, -0.2) is 4.79 Å². The summed E-state index contributed by atoms with van der Waals surface area (Å²) in [5.74, 6) is 0.0996. The molecule has 0 radical (unpaired) electrons. The topological polar surface area (TPSA) is 70.7 Å². The summed E-state index contributed by atoms with van der Waals surface area (Å²) in [7, 11) is 1.87. The number of benzene rings is 1. The molecule has 2 rings (SSSR count). The molecule has 1 aliphatic rings. The van der Waals surface area contributed by atoms with Crippen LogP contribution in [-0.4, -0.2) is 48.7 Å². The van der Waals surface area contributed by atoms with Crippen molar-refractivity contribution in [3.8, 4) is 0 Å². The van der Waals surface area contributed by atoms with Gasteiger partial charge in [0.15, 0.2) is 0 Å². The van der Waals surface area contributed by atoms with Crippen LogP contribution in [0, 0.1) is 0 Å². The number of rotatable bonds is 6. The van der Waals surface area contributed by atoms with Crippen molar-refractivity contribution in [2.45, 2.75) is 64.5 Å². The number of carbonyl (C=O) groups excluding carboxylic acids is 2. The summed E-state index contributed by atoms with van der Waals surface area (Å²) in [6, 6.07) is 7.72. The van der Waals surface area contributed by atoms with Crippen LogP contribution in [0.1, 0.15) is 52.0 Å². The number of ether oxygens (including phenoxy) is 1. The average molecular weight is 376 g/mol. The zero-order chi connectivity index (χ0) is 19.9. The second-order valence-corrected chi connectivity index (χ2v) is 8.14. The summed E-state index contributed by atoms with van der Waals surface area (Å²) in [5.41, 5.74) is 1.53. The Labute approximate surface area is 162 Å². The maximum absolute atomic E-state index is 12.7. The first kappa shape index (κ1) is 21.1. The number of nitrogens with zero attached hydrogens (tertiary/aromatic N) is 1. The Kier molecular flexibility index (Phi) is 7.51. The molecular weight excluding hydrogens is 342 g/mol. The standard InChI is InChI=1S/C21H33N3O3/c1-21(2,3)27-20(26)23-18(14-16-8-10-17(22-4)11-9-16)15-19(25)24-12-6-5-7-13-24/h8-11,18,22H,5-7,12-15H2,1-4H3,(H,23,26). The Morgan fingerprint density at radius 2 is 1.74 bits per heavy atom. The lowest BCUT2D eigenvalue weighted by Crippen LogP contribution is -2.44. The van der Waals surface area contributed by atoms with Crippen molar-refractivity contribution in [1.82, 2.24) is 10.2 Å². The fourth-order valence-electron chi connectivity index (χ4n) is 3.22. The van der Waals surface area contributed by atoms with Gasteiger partial charge in [-0.3, -0.25) is 4.79 Å². The van der Waals surface area contributed by atoms with E-state index in [1.54, 1.807) is 0 Å². The molecule has 6 nitrogen and oxygen atoms in total. The third-order valence-corrected chi connectivity index (χ3v) is 4.58. The average Bonchev–Trinajstić information content (AvgIpc) is 2.61. The molecule has 150 valence electrons. The van der Waals surface area contributed by atoms with Crippen LogP contribution in [0.4, 0.5) is 10.5 Å². The van der Waals surface area contributed by atoms with Crippen LogP contribution in [0.15, 0.2) is 24.3 Å². The SMILES string of the molecule is CNc1ccc(CC(CC(=O)N2CCCCC2)NC(=O)OC(C)(C)C)cc1. The van der Waals surface area contributed by atoms with E-state index in [1.807, 2.05) is 57.0 Å². The number of alkyl carbamates (subject to hydrolysis) is 1. The minimum absolute atomic E-state index is 0.0996. The molecule has 0 spiro atoms. The van der Waals surface area contributed by atoms with E-state index < -0.39 is 11.7 Å². The Morgan fingerprint density at radius 1 is 1.11 bits per heavy atom. The van der Waals surface area contributed by atoms with Crippen molar-refractivity contribution < 1.29 is 14.3 Å². The molecule has 1 unspecified atom stereocenters. The summed E-state index contributed by atoms with van der Waals surface area (Å²) in [6.45, 7) is 7.12. The second-order valence-electron chi connectivity index (χ2n) is 8.14. The highest BCUT2D eigenvalue weighted by atomic mass is 16.6. The number of hydrogen-bond acceptors (Lipinski definition) is 4. The number of amides is 2. The van der Waals surface area contributed by atoms with Crippen LogP contribution in [0.2, 0.25) is 0 Å². The number of anilines is 1. The van der Waals surface area contributed by atoms with Crippen LogP contribution < -0.4 is 10.6 Å². The molecular formula is C21H33N3O3. The molecule has 0 aliphatic carbocycles. The molecule has 1 aliphatic heterocycles. The second kappa shape index (κ2) is 9.62. The smallest absolute Gasteiger partial charge is 0.407 e. The molecule has 0 saturated carbocycles. The van der Waals surface area contributed by atoms with Crippen LogP contribution in [-0.2, 0) is 16.0 Å². The molecule has 1 saturated heterocycles. The molecule has 1 fully saturated rings. The van der Waals surface area contributed by atoms with E-state index in [1.165, 1.54) is 6.42 Å². The first-order chi connectivity index (χ1) is 12.8. The quantitative estimate of drug-likeness (QED) is 0.797. The molecule has 1 aromatic carbocycles. The molecule has 2 N–H and O–H groups in total. The van der Waals surface area contributed by atoms with Gasteiger partial charge in [-0.15, -0.1) is 0 Å². The van der Waals surface area contributed by atoms with Gasteiger partial charge in [0.2, 0.25) is 5.91 Å². The lowest BCUT2D eigenvalue weighted by Gasteiger charge is -2.29. The maximum Gasteiger partial charge on any atom is 0.407 e. The zero-order valence-electron chi connectivity index (χ0n) is 17.0.